The summed E-state index contributed by atoms with van der Waals surface area (Å²) in [5.74, 6) is 3.77. The summed E-state index contributed by atoms with van der Waals surface area (Å²) in [7, 11) is 0. The maximum absolute atomic E-state index is 5.74. The van der Waals surface area contributed by atoms with Gasteiger partial charge in [0.25, 0.3) is 0 Å². The first-order valence-corrected chi connectivity index (χ1v) is 11.7. The molecule has 3 rings (SSSR count). The number of aromatic nitrogens is 1. The summed E-state index contributed by atoms with van der Waals surface area (Å²) in [6.45, 7) is 16.1. The fourth-order valence-electron chi connectivity index (χ4n) is 3.96. The van der Waals surface area contributed by atoms with Gasteiger partial charge in [0.1, 0.15) is 5.76 Å². The second kappa shape index (κ2) is 13.2. The number of guanidine groups is 1. The second-order valence-corrected chi connectivity index (χ2v) is 8.88. The number of aryl methyl sites for hydroxylation is 3. The van der Waals surface area contributed by atoms with Crippen LogP contribution >= 0.6 is 24.0 Å². The zero-order valence-electron chi connectivity index (χ0n) is 20.3. The third-order valence-electron chi connectivity index (χ3n) is 6.21. The highest BCUT2D eigenvalue weighted by atomic mass is 127. The highest BCUT2D eigenvalue weighted by Crippen LogP contribution is 2.19. The molecule has 0 saturated carbocycles. The number of nitrogens with one attached hydrogen (secondary N) is 2. The lowest BCUT2D eigenvalue weighted by Crippen LogP contribution is -2.43. The van der Waals surface area contributed by atoms with Crippen molar-refractivity contribution in [2.75, 3.05) is 32.7 Å². The smallest absolute Gasteiger partial charge is 0.208 e. The van der Waals surface area contributed by atoms with Crippen LogP contribution in [-0.2, 0) is 6.54 Å². The Hall–Kier alpha value is -1.61. The van der Waals surface area contributed by atoms with E-state index in [2.05, 4.69) is 65.6 Å². The van der Waals surface area contributed by atoms with Crippen LogP contribution in [0.15, 0.2) is 33.7 Å². The number of nitrogens with zero attached hydrogens (tertiary/aromatic N) is 3. The van der Waals surface area contributed by atoms with Crippen LogP contribution in [0.5, 0.6) is 0 Å². The molecule has 7 heteroatoms. The molecule has 2 aromatic rings. The SMILES string of the molecule is CCNC(=NCC(C)c1ccc(C)cc1)NCC1CCN(Cc2nc(C)c(C)o2)CC1.I. The number of benzene rings is 1. The standard InChI is InChI=1S/C25H39N5O.HI/c1-6-26-25(27-15-19(3)23-9-7-18(2)8-10-23)28-16-22-11-13-30(14-12-22)17-24-29-20(4)21(5)31-24;/h7-10,19,22H,6,11-17H2,1-5H3,(H2,26,27,28);1H. The van der Waals surface area contributed by atoms with Gasteiger partial charge in [0.05, 0.1) is 12.2 Å². The predicted molar refractivity (Wildman–Crippen MR) is 143 cm³/mol. The number of hydrogen-bond donors (Lipinski definition) is 2. The number of piperidine rings is 1. The molecule has 0 spiro atoms. The lowest BCUT2D eigenvalue weighted by molar-refractivity contribution is 0.164. The second-order valence-electron chi connectivity index (χ2n) is 8.88. The van der Waals surface area contributed by atoms with E-state index in [-0.39, 0.29) is 24.0 Å². The van der Waals surface area contributed by atoms with Crippen LogP contribution in [0.1, 0.15) is 61.1 Å². The van der Waals surface area contributed by atoms with Gasteiger partial charge in [-0.3, -0.25) is 9.89 Å². The minimum atomic E-state index is 0. The van der Waals surface area contributed by atoms with Crippen molar-refractivity contribution in [1.82, 2.24) is 20.5 Å². The first-order chi connectivity index (χ1) is 14.9. The Morgan fingerprint density at radius 3 is 2.44 bits per heavy atom. The topological polar surface area (TPSA) is 65.7 Å². The van der Waals surface area contributed by atoms with Crippen molar-refractivity contribution < 1.29 is 4.42 Å². The Bertz CT molecular complexity index is 821. The fraction of sp³-hybridized carbons (Fsp3) is 0.600. The average molecular weight is 554 g/mol. The number of likely N-dealkylation sites (tertiary alicyclic amines) is 1. The van der Waals surface area contributed by atoms with E-state index < -0.39 is 0 Å². The molecule has 1 unspecified atom stereocenters. The number of rotatable bonds is 8. The molecule has 1 aromatic carbocycles. The summed E-state index contributed by atoms with van der Waals surface area (Å²) in [5.41, 5.74) is 3.64. The molecule has 2 N–H and O–H groups in total. The van der Waals surface area contributed by atoms with Gasteiger partial charge in [0.15, 0.2) is 5.96 Å². The van der Waals surface area contributed by atoms with E-state index >= 15 is 0 Å². The van der Waals surface area contributed by atoms with E-state index in [0.29, 0.717) is 11.8 Å². The molecule has 1 atom stereocenters. The van der Waals surface area contributed by atoms with Gasteiger partial charge in [-0.2, -0.15) is 0 Å². The molecular formula is C25H40IN5O. The highest BCUT2D eigenvalue weighted by Gasteiger charge is 2.21. The van der Waals surface area contributed by atoms with Gasteiger partial charge < -0.3 is 15.1 Å². The maximum atomic E-state index is 5.74. The maximum Gasteiger partial charge on any atom is 0.208 e. The van der Waals surface area contributed by atoms with E-state index in [1.807, 2.05) is 13.8 Å². The van der Waals surface area contributed by atoms with Crippen molar-refractivity contribution >= 4 is 29.9 Å². The molecule has 0 bridgehead atoms. The predicted octanol–water partition coefficient (Wildman–Crippen LogP) is 4.79. The van der Waals surface area contributed by atoms with Crippen LogP contribution < -0.4 is 10.6 Å². The van der Waals surface area contributed by atoms with Gasteiger partial charge in [-0.05, 0) is 65.1 Å². The zero-order chi connectivity index (χ0) is 22.2. The van der Waals surface area contributed by atoms with Crippen molar-refractivity contribution in [3.63, 3.8) is 0 Å². The largest absolute Gasteiger partial charge is 0.444 e. The lowest BCUT2D eigenvalue weighted by Gasteiger charge is -2.31. The Morgan fingerprint density at radius 1 is 1.16 bits per heavy atom. The van der Waals surface area contributed by atoms with Crippen LogP contribution in [0.25, 0.3) is 0 Å². The van der Waals surface area contributed by atoms with Crippen molar-refractivity contribution in [1.29, 1.82) is 0 Å². The minimum Gasteiger partial charge on any atom is -0.444 e. The van der Waals surface area contributed by atoms with Gasteiger partial charge in [-0.15, -0.1) is 24.0 Å². The number of aliphatic imine (C=N–C) groups is 1. The fourth-order valence-corrected chi connectivity index (χ4v) is 3.96. The molecule has 178 valence electrons. The van der Waals surface area contributed by atoms with E-state index in [4.69, 9.17) is 9.41 Å². The Labute approximate surface area is 210 Å². The third-order valence-corrected chi connectivity index (χ3v) is 6.21. The first-order valence-electron chi connectivity index (χ1n) is 11.7. The summed E-state index contributed by atoms with van der Waals surface area (Å²) < 4.78 is 5.74. The monoisotopic (exact) mass is 553 g/mol. The Kier molecular flexibility index (Phi) is 11.0. The summed E-state index contributed by atoms with van der Waals surface area (Å²) in [6, 6.07) is 8.78. The van der Waals surface area contributed by atoms with Gasteiger partial charge >= 0.3 is 0 Å². The van der Waals surface area contributed by atoms with E-state index in [0.717, 1.165) is 62.6 Å². The van der Waals surface area contributed by atoms with Gasteiger partial charge in [-0.1, -0.05) is 36.8 Å². The van der Waals surface area contributed by atoms with Crippen LogP contribution in [0, 0.1) is 26.7 Å². The molecule has 0 radical (unpaired) electrons. The highest BCUT2D eigenvalue weighted by molar-refractivity contribution is 14.0. The van der Waals surface area contributed by atoms with Crippen molar-refractivity contribution in [2.24, 2.45) is 10.9 Å². The summed E-state index contributed by atoms with van der Waals surface area (Å²) in [5, 5.41) is 6.97. The van der Waals surface area contributed by atoms with Crippen molar-refractivity contribution in [3.05, 3.63) is 52.7 Å². The average Bonchev–Trinajstić information content (AvgIpc) is 3.08. The molecule has 1 aliphatic rings. The van der Waals surface area contributed by atoms with Gasteiger partial charge in [0, 0.05) is 25.6 Å². The summed E-state index contributed by atoms with van der Waals surface area (Å²) in [4.78, 5) is 11.8. The summed E-state index contributed by atoms with van der Waals surface area (Å²) in [6.07, 6.45) is 2.37. The molecular weight excluding hydrogens is 513 g/mol. The molecule has 0 amide bonds. The molecule has 6 nitrogen and oxygen atoms in total. The molecule has 2 heterocycles. The van der Waals surface area contributed by atoms with Crippen LogP contribution in [-0.4, -0.2) is 48.6 Å². The molecule has 1 aliphatic heterocycles. The number of hydrogen-bond acceptors (Lipinski definition) is 4. The van der Waals surface area contributed by atoms with Crippen LogP contribution in [0.2, 0.25) is 0 Å². The van der Waals surface area contributed by atoms with Crippen LogP contribution in [0.4, 0.5) is 0 Å². The Morgan fingerprint density at radius 2 is 1.84 bits per heavy atom. The van der Waals surface area contributed by atoms with E-state index in [9.17, 15) is 0 Å². The third kappa shape index (κ3) is 8.06. The molecule has 1 fully saturated rings. The molecule has 0 aliphatic carbocycles. The molecule has 1 aromatic heterocycles. The zero-order valence-corrected chi connectivity index (χ0v) is 22.6. The molecule has 32 heavy (non-hydrogen) atoms. The number of oxazole rings is 1. The Balaban J connectivity index is 0.00000363. The van der Waals surface area contributed by atoms with Gasteiger partial charge in [0.2, 0.25) is 5.89 Å². The van der Waals surface area contributed by atoms with Gasteiger partial charge in [-0.25, -0.2) is 4.98 Å². The normalized spacial score (nSPS) is 16.5. The number of halogens is 1. The quantitative estimate of drug-likeness (QED) is 0.280. The summed E-state index contributed by atoms with van der Waals surface area (Å²) >= 11 is 0. The van der Waals surface area contributed by atoms with E-state index in [1.54, 1.807) is 0 Å². The van der Waals surface area contributed by atoms with Crippen molar-refractivity contribution in [2.45, 2.75) is 59.9 Å². The molecule has 1 saturated heterocycles. The van der Waals surface area contributed by atoms with Crippen LogP contribution in [0.3, 0.4) is 0 Å². The van der Waals surface area contributed by atoms with Crippen molar-refractivity contribution in [3.8, 4) is 0 Å². The minimum absolute atomic E-state index is 0. The van der Waals surface area contributed by atoms with E-state index in [1.165, 1.54) is 24.0 Å². The lowest BCUT2D eigenvalue weighted by atomic mass is 9.97. The first kappa shape index (κ1) is 26.6.